The van der Waals surface area contributed by atoms with Gasteiger partial charge in [0.1, 0.15) is 0 Å². The average molecular weight is 220 g/mol. The Morgan fingerprint density at radius 2 is 1.69 bits per heavy atom. The van der Waals surface area contributed by atoms with Gasteiger partial charge in [-0.05, 0) is 25.8 Å². The number of nitrogens with zero attached hydrogens (tertiary/aromatic N) is 2. The first-order valence-electron chi connectivity index (χ1n) is 6.06. The molecular formula is C12H16N2O2. The standard InChI is InChI=1S/C12H16N2O2/c15-11-4-5-12(16)14(11)10-6-8-13-7-2-1-3-9(10)13/h4-5,9-10H,1-3,6-8H2. The summed E-state index contributed by atoms with van der Waals surface area (Å²) in [5.74, 6) is -0.246. The first kappa shape index (κ1) is 10.0. The predicted molar refractivity (Wildman–Crippen MR) is 58.6 cm³/mol. The van der Waals surface area contributed by atoms with E-state index in [0.29, 0.717) is 6.04 Å². The van der Waals surface area contributed by atoms with Crippen LogP contribution < -0.4 is 0 Å². The molecule has 2 unspecified atom stereocenters. The summed E-state index contributed by atoms with van der Waals surface area (Å²) < 4.78 is 0. The number of carbonyl (C=O) groups is 2. The summed E-state index contributed by atoms with van der Waals surface area (Å²) in [4.78, 5) is 27.2. The van der Waals surface area contributed by atoms with Gasteiger partial charge >= 0.3 is 0 Å². The minimum Gasteiger partial charge on any atom is -0.298 e. The van der Waals surface area contributed by atoms with Gasteiger partial charge < -0.3 is 0 Å². The molecule has 3 aliphatic rings. The first-order chi connectivity index (χ1) is 7.77. The van der Waals surface area contributed by atoms with Crippen molar-refractivity contribution in [3.8, 4) is 0 Å². The molecule has 4 nitrogen and oxygen atoms in total. The minimum absolute atomic E-state index is 0.121. The van der Waals surface area contributed by atoms with E-state index in [2.05, 4.69) is 4.90 Å². The topological polar surface area (TPSA) is 40.6 Å². The zero-order chi connectivity index (χ0) is 11.1. The molecule has 0 aromatic rings. The lowest BCUT2D eigenvalue weighted by molar-refractivity contribution is -0.140. The second-order valence-electron chi connectivity index (χ2n) is 4.83. The Labute approximate surface area is 94.9 Å². The molecule has 0 radical (unpaired) electrons. The van der Waals surface area contributed by atoms with Crippen LogP contribution in [0.15, 0.2) is 12.2 Å². The Morgan fingerprint density at radius 1 is 0.938 bits per heavy atom. The summed E-state index contributed by atoms with van der Waals surface area (Å²) in [5, 5.41) is 0. The largest absolute Gasteiger partial charge is 0.298 e. The van der Waals surface area contributed by atoms with Crippen molar-refractivity contribution in [2.24, 2.45) is 0 Å². The molecule has 3 rings (SSSR count). The average Bonchev–Trinajstić information content (AvgIpc) is 2.83. The molecule has 2 atom stereocenters. The van der Waals surface area contributed by atoms with Crippen LogP contribution in [0.3, 0.4) is 0 Å². The number of rotatable bonds is 1. The van der Waals surface area contributed by atoms with E-state index < -0.39 is 0 Å². The highest BCUT2D eigenvalue weighted by atomic mass is 16.2. The van der Waals surface area contributed by atoms with E-state index in [-0.39, 0.29) is 17.9 Å². The Hall–Kier alpha value is -1.16. The molecule has 2 amide bonds. The fraction of sp³-hybridized carbons (Fsp3) is 0.667. The number of amides is 2. The maximum absolute atomic E-state index is 11.6. The lowest BCUT2D eigenvalue weighted by Crippen LogP contribution is -2.49. The maximum Gasteiger partial charge on any atom is 0.253 e. The van der Waals surface area contributed by atoms with E-state index in [1.807, 2.05) is 0 Å². The first-order valence-corrected chi connectivity index (χ1v) is 6.06. The van der Waals surface area contributed by atoms with Crippen molar-refractivity contribution in [1.29, 1.82) is 0 Å². The van der Waals surface area contributed by atoms with Crippen molar-refractivity contribution in [3.05, 3.63) is 12.2 Å². The molecule has 0 aromatic carbocycles. The number of carbonyl (C=O) groups excluding carboxylic acids is 2. The molecular weight excluding hydrogens is 204 g/mol. The molecule has 0 spiro atoms. The van der Waals surface area contributed by atoms with E-state index in [9.17, 15) is 9.59 Å². The second kappa shape index (κ2) is 3.70. The minimum atomic E-state index is -0.123. The van der Waals surface area contributed by atoms with Gasteiger partial charge in [0.15, 0.2) is 0 Å². The molecule has 86 valence electrons. The van der Waals surface area contributed by atoms with Crippen LogP contribution in [0, 0.1) is 0 Å². The Kier molecular flexibility index (Phi) is 2.32. The zero-order valence-electron chi connectivity index (χ0n) is 9.26. The van der Waals surface area contributed by atoms with Gasteiger partial charge in [-0.2, -0.15) is 0 Å². The number of imide groups is 1. The van der Waals surface area contributed by atoms with Crippen LogP contribution in [0.4, 0.5) is 0 Å². The van der Waals surface area contributed by atoms with Gasteiger partial charge in [0.2, 0.25) is 0 Å². The molecule has 0 bridgehead atoms. The monoisotopic (exact) mass is 220 g/mol. The Morgan fingerprint density at radius 3 is 2.44 bits per heavy atom. The maximum atomic E-state index is 11.6. The van der Waals surface area contributed by atoms with Crippen LogP contribution in [0.2, 0.25) is 0 Å². The Balaban J connectivity index is 1.80. The van der Waals surface area contributed by atoms with Crippen LogP contribution >= 0.6 is 0 Å². The van der Waals surface area contributed by atoms with Gasteiger partial charge in [0.25, 0.3) is 11.8 Å². The summed E-state index contributed by atoms with van der Waals surface area (Å²) in [5.41, 5.74) is 0. The number of hydrogen-bond acceptors (Lipinski definition) is 3. The predicted octanol–water partition coefficient (Wildman–Crippen LogP) is 0.538. The van der Waals surface area contributed by atoms with Gasteiger partial charge in [-0.1, -0.05) is 6.42 Å². The molecule has 2 fully saturated rings. The molecule has 0 saturated carbocycles. The van der Waals surface area contributed by atoms with Gasteiger partial charge in [-0.3, -0.25) is 19.4 Å². The van der Waals surface area contributed by atoms with Crippen LogP contribution in [-0.4, -0.2) is 46.8 Å². The number of hydrogen-bond donors (Lipinski definition) is 0. The molecule has 16 heavy (non-hydrogen) atoms. The summed E-state index contributed by atoms with van der Waals surface area (Å²) in [6.07, 6.45) is 7.35. The highest BCUT2D eigenvalue weighted by Gasteiger charge is 2.43. The van der Waals surface area contributed by atoms with Crippen molar-refractivity contribution in [3.63, 3.8) is 0 Å². The van der Waals surface area contributed by atoms with Gasteiger partial charge in [0.05, 0.1) is 6.04 Å². The van der Waals surface area contributed by atoms with Gasteiger partial charge in [-0.15, -0.1) is 0 Å². The van der Waals surface area contributed by atoms with Crippen molar-refractivity contribution in [1.82, 2.24) is 9.80 Å². The third kappa shape index (κ3) is 1.40. The van der Waals surface area contributed by atoms with E-state index >= 15 is 0 Å². The SMILES string of the molecule is O=C1C=CC(=O)N1C1CCN2CCCCC12. The van der Waals surface area contributed by atoms with Crippen molar-refractivity contribution < 1.29 is 9.59 Å². The smallest absolute Gasteiger partial charge is 0.253 e. The molecule has 0 aliphatic carbocycles. The molecule has 2 saturated heterocycles. The van der Waals surface area contributed by atoms with Crippen molar-refractivity contribution in [2.45, 2.75) is 37.8 Å². The molecule has 0 N–H and O–H groups in total. The lowest BCUT2D eigenvalue weighted by atomic mass is 9.98. The fourth-order valence-corrected chi connectivity index (χ4v) is 3.26. The quantitative estimate of drug-likeness (QED) is 0.605. The summed E-state index contributed by atoms with van der Waals surface area (Å²) in [6, 6.07) is 0.539. The van der Waals surface area contributed by atoms with Crippen molar-refractivity contribution in [2.75, 3.05) is 13.1 Å². The number of piperidine rings is 1. The van der Waals surface area contributed by atoms with Crippen LogP contribution in [0.25, 0.3) is 0 Å². The fourth-order valence-electron chi connectivity index (χ4n) is 3.26. The van der Waals surface area contributed by atoms with Crippen LogP contribution in [0.5, 0.6) is 0 Å². The third-order valence-corrected chi connectivity index (χ3v) is 4.00. The third-order valence-electron chi connectivity index (χ3n) is 4.00. The summed E-state index contributed by atoms with van der Waals surface area (Å²) in [7, 11) is 0. The second-order valence-corrected chi connectivity index (χ2v) is 4.83. The van der Waals surface area contributed by atoms with E-state index in [1.165, 1.54) is 29.9 Å². The zero-order valence-corrected chi connectivity index (χ0v) is 9.26. The highest BCUT2D eigenvalue weighted by molar-refractivity contribution is 6.13. The normalized spacial score (nSPS) is 34.9. The van der Waals surface area contributed by atoms with Crippen LogP contribution in [0.1, 0.15) is 25.7 Å². The van der Waals surface area contributed by atoms with E-state index in [4.69, 9.17) is 0 Å². The molecule has 3 aliphatic heterocycles. The van der Waals surface area contributed by atoms with Gasteiger partial charge in [0, 0.05) is 24.7 Å². The van der Waals surface area contributed by atoms with Crippen LogP contribution in [-0.2, 0) is 9.59 Å². The molecule has 4 heteroatoms. The summed E-state index contributed by atoms with van der Waals surface area (Å²) >= 11 is 0. The van der Waals surface area contributed by atoms with E-state index in [1.54, 1.807) is 0 Å². The molecule has 3 heterocycles. The number of fused-ring (bicyclic) bond motifs is 1. The van der Waals surface area contributed by atoms with E-state index in [0.717, 1.165) is 25.9 Å². The highest BCUT2D eigenvalue weighted by Crippen LogP contribution is 2.31. The molecule has 0 aromatic heterocycles. The van der Waals surface area contributed by atoms with Gasteiger partial charge in [-0.25, -0.2) is 0 Å². The lowest BCUT2D eigenvalue weighted by Gasteiger charge is -2.35. The van der Waals surface area contributed by atoms with Crippen molar-refractivity contribution >= 4 is 11.8 Å². The Bertz CT molecular complexity index is 346. The summed E-state index contributed by atoms with van der Waals surface area (Å²) in [6.45, 7) is 2.16.